The predicted octanol–water partition coefficient (Wildman–Crippen LogP) is 3.67. The van der Waals surface area contributed by atoms with Gasteiger partial charge in [-0.3, -0.25) is 4.79 Å². The number of rotatable bonds is 5. The largest absolute Gasteiger partial charge is 0.299 e. The Morgan fingerprint density at radius 1 is 1.19 bits per heavy atom. The van der Waals surface area contributed by atoms with E-state index in [9.17, 15) is 4.79 Å². The molecule has 0 aliphatic heterocycles. The van der Waals surface area contributed by atoms with Crippen LogP contribution >= 0.6 is 0 Å². The van der Waals surface area contributed by atoms with Gasteiger partial charge in [-0.1, -0.05) is 20.3 Å². The molecule has 4 atom stereocenters. The Bertz CT molecular complexity index is 278. The molecule has 1 nitrogen and oxygen atoms in total. The second-order valence-corrected chi connectivity index (χ2v) is 6.77. The van der Waals surface area contributed by atoms with Crippen LogP contribution in [0.3, 0.4) is 0 Å². The smallest absolute Gasteiger partial charge is 0.136 e. The fourth-order valence-electron chi connectivity index (χ4n) is 4.61. The van der Waals surface area contributed by atoms with Crippen LogP contribution in [0.4, 0.5) is 0 Å². The van der Waals surface area contributed by atoms with E-state index in [-0.39, 0.29) is 0 Å². The van der Waals surface area contributed by atoms with Gasteiger partial charge in [0.15, 0.2) is 0 Å². The van der Waals surface area contributed by atoms with Crippen LogP contribution in [0.15, 0.2) is 0 Å². The van der Waals surface area contributed by atoms with Crippen LogP contribution < -0.4 is 0 Å². The molecule has 3 fully saturated rings. The molecule has 3 aliphatic rings. The summed E-state index contributed by atoms with van der Waals surface area (Å²) in [7, 11) is 0. The molecular formula is C15H24O. The van der Waals surface area contributed by atoms with Crippen molar-refractivity contribution in [1.82, 2.24) is 0 Å². The number of carbonyl (C=O) groups excluding carboxylic acids is 1. The van der Waals surface area contributed by atoms with Crippen molar-refractivity contribution in [2.24, 2.45) is 35.5 Å². The maximum Gasteiger partial charge on any atom is 0.136 e. The van der Waals surface area contributed by atoms with E-state index in [1.165, 1.54) is 25.7 Å². The zero-order chi connectivity index (χ0) is 11.3. The topological polar surface area (TPSA) is 17.1 Å². The van der Waals surface area contributed by atoms with Crippen molar-refractivity contribution in [3.05, 3.63) is 0 Å². The van der Waals surface area contributed by atoms with Gasteiger partial charge in [0, 0.05) is 12.3 Å². The molecule has 4 unspecified atom stereocenters. The number of Topliss-reactive ketones (excluding diaryl/α,β-unsaturated/α-hetero) is 1. The molecule has 0 N–H and O–H groups in total. The first-order chi connectivity index (χ1) is 7.68. The van der Waals surface area contributed by atoms with Crippen LogP contribution in [0.5, 0.6) is 0 Å². The van der Waals surface area contributed by atoms with E-state index in [2.05, 4.69) is 13.8 Å². The highest BCUT2D eigenvalue weighted by Gasteiger charge is 2.66. The minimum Gasteiger partial charge on any atom is -0.299 e. The zero-order valence-corrected chi connectivity index (χ0v) is 10.6. The van der Waals surface area contributed by atoms with Crippen molar-refractivity contribution in [2.75, 3.05) is 0 Å². The Kier molecular flexibility index (Phi) is 2.60. The summed E-state index contributed by atoms with van der Waals surface area (Å²) in [5.74, 6) is 5.51. The average Bonchev–Trinajstić information content (AvgIpc) is 2.68. The molecule has 0 aromatic carbocycles. The lowest BCUT2D eigenvalue weighted by Gasteiger charge is -2.08. The fraction of sp³-hybridized carbons (Fsp3) is 0.933. The lowest BCUT2D eigenvalue weighted by atomic mass is 9.96. The van der Waals surface area contributed by atoms with E-state index in [1.807, 2.05) is 0 Å². The van der Waals surface area contributed by atoms with Crippen molar-refractivity contribution in [2.45, 2.75) is 52.4 Å². The van der Waals surface area contributed by atoms with Crippen LogP contribution in [0.2, 0.25) is 0 Å². The third kappa shape index (κ3) is 1.63. The average molecular weight is 220 g/mol. The molecule has 0 heterocycles. The van der Waals surface area contributed by atoms with Crippen molar-refractivity contribution < 1.29 is 4.79 Å². The summed E-state index contributed by atoms with van der Waals surface area (Å²) < 4.78 is 0. The summed E-state index contributed by atoms with van der Waals surface area (Å²) >= 11 is 0. The van der Waals surface area contributed by atoms with E-state index in [0.717, 1.165) is 42.4 Å². The van der Waals surface area contributed by atoms with E-state index in [4.69, 9.17) is 0 Å². The van der Waals surface area contributed by atoms with Gasteiger partial charge in [-0.05, 0) is 55.3 Å². The molecule has 0 spiro atoms. The summed E-state index contributed by atoms with van der Waals surface area (Å²) in [5.41, 5.74) is 0. The third-order valence-electron chi connectivity index (χ3n) is 5.31. The summed E-state index contributed by atoms with van der Waals surface area (Å²) in [5, 5.41) is 0. The molecular weight excluding hydrogens is 196 g/mol. The molecule has 0 radical (unpaired) electrons. The Morgan fingerprint density at radius 3 is 2.38 bits per heavy atom. The lowest BCUT2D eigenvalue weighted by Crippen LogP contribution is -2.09. The monoisotopic (exact) mass is 220 g/mol. The SMILES string of the molecule is CC(C)CCCC(=O)C1C2C3CCC(C3)C12. The molecule has 0 amide bonds. The van der Waals surface area contributed by atoms with Gasteiger partial charge < -0.3 is 0 Å². The quantitative estimate of drug-likeness (QED) is 0.691. The number of hydrogen-bond donors (Lipinski definition) is 0. The third-order valence-corrected chi connectivity index (χ3v) is 5.31. The van der Waals surface area contributed by atoms with Crippen LogP contribution in [0.25, 0.3) is 0 Å². The van der Waals surface area contributed by atoms with Gasteiger partial charge >= 0.3 is 0 Å². The molecule has 90 valence electrons. The maximum atomic E-state index is 12.1. The van der Waals surface area contributed by atoms with Crippen LogP contribution in [-0.2, 0) is 4.79 Å². The Balaban J connectivity index is 1.48. The molecule has 3 saturated carbocycles. The lowest BCUT2D eigenvalue weighted by molar-refractivity contribution is -0.121. The molecule has 0 saturated heterocycles. The Morgan fingerprint density at radius 2 is 1.81 bits per heavy atom. The molecule has 16 heavy (non-hydrogen) atoms. The van der Waals surface area contributed by atoms with Crippen molar-refractivity contribution in [3.63, 3.8) is 0 Å². The van der Waals surface area contributed by atoms with Crippen LogP contribution in [0.1, 0.15) is 52.4 Å². The first-order valence-corrected chi connectivity index (χ1v) is 7.21. The van der Waals surface area contributed by atoms with Crippen LogP contribution in [-0.4, -0.2) is 5.78 Å². The van der Waals surface area contributed by atoms with Crippen LogP contribution in [0, 0.1) is 35.5 Å². The van der Waals surface area contributed by atoms with Gasteiger partial charge in [-0.15, -0.1) is 0 Å². The van der Waals surface area contributed by atoms with Crippen molar-refractivity contribution in [3.8, 4) is 0 Å². The zero-order valence-electron chi connectivity index (χ0n) is 10.6. The van der Waals surface area contributed by atoms with E-state index in [0.29, 0.717) is 11.7 Å². The number of ketones is 1. The first-order valence-electron chi connectivity index (χ1n) is 7.21. The normalized spacial score (nSPS) is 43.8. The highest BCUT2D eigenvalue weighted by molar-refractivity contribution is 5.84. The maximum absolute atomic E-state index is 12.1. The molecule has 2 bridgehead atoms. The molecule has 0 aromatic rings. The van der Waals surface area contributed by atoms with Crippen molar-refractivity contribution >= 4 is 5.78 Å². The van der Waals surface area contributed by atoms with E-state index in [1.54, 1.807) is 0 Å². The fourth-order valence-corrected chi connectivity index (χ4v) is 4.61. The minimum absolute atomic E-state index is 0.526. The highest BCUT2D eigenvalue weighted by atomic mass is 16.1. The van der Waals surface area contributed by atoms with Gasteiger partial charge in [-0.2, -0.15) is 0 Å². The standard InChI is InChI=1S/C15H24O/c1-9(2)4-3-5-12(16)15-13-10-6-7-11(8-10)14(13)15/h9-11,13-15H,3-8H2,1-2H3. The van der Waals surface area contributed by atoms with E-state index >= 15 is 0 Å². The van der Waals surface area contributed by atoms with Gasteiger partial charge in [0.05, 0.1) is 0 Å². The van der Waals surface area contributed by atoms with E-state index < -0.39 is 0 Å². The second kappa shape index (κ2) is 3.85. The Hall–Kier alpha value is -0.330. The molecule has 3 aliphatic carbocycles. The first kappa shape index (κ1) is 10.8. The number of hydrogen-bond acceptors (Lipinski definition) is 1. The Labute approximate surface area is 99.0 Å². The van der Waals surface area contributed by atoms with Gasteiger partial charge in [0.1, 0.15) is 5.78 Å². The molecule has 3 rings (SSSR count). The minimum atomic E-state index is 0.526. The number of fused-ring (bicyclic) bond motifs is 5. The van der Waals surface area contributed by atoms with Gasteiger partial charge in [0.2, 0.25) is 0 Å². The number of carbonyl (C=O) groups is 1. The molecule has 1 heteroatoms. The highest BCUT2D eigenvalue weighted by Crippen LogP contribution is 2.69. The summed E-state index contributed by atoms with van der Waals surface area (Å²) in [4.78, 5) is 12.1. The van der Waals surface area contributed by atoms with Gasteiger partial charge in [-0.25, -0.2) is 0 Å². The summed E-state index contributed by atoms with van der Waals surface area (Å²) in [6.45, 7) is 4.49. The summed E-state index contributed by atoms with van der Waals surface area (Å²) in [6.07, 6.45) is 7.55. The predicted molar refractivity (Wildman–Crippen MR) is 65.0 cm³/mol. The van der Waals surface area contributed by atoms with Crippen molar-refractivity contribution in [1.29, 1.82) is 0 Å². The van der Waals surface area contributed by atoms with Gasteiger partial charge in [0.25, 0.3) is 0 Å². The summed E-state index contributed by atoms with van der Waals surface area (Å²) in [6, 6.07) is 0. The molecule has 0 aromatic heterocycles. The second-order valence-electron chi connectivity index (χ2n) is 6.77.